The zero-order valence-corrected chi connectivity index (χ0v) is 10.9. The highest BCUT2D eigenvalue weighted by Gasteiger charge is 2.26. The fraction of sp³-hybridized carbons (Fsp3) is 0.500. The van der Waals surface area contributed by atoms with Crippen LogP contribution in [-0.2, 0) is 0 Å². The van der Waals surface area contributed by atoms with E-state index < -0.39 is 5.97 Å². The summed E-state index contributed by atoms with van der Waals surface area (Å²) < 4.78 is 0. The molecule has 1 aromatic rings. The normalized spacial score (nSPS) is 20.1. The van der Waals surface area contributed by atoms with Crippen molar-refractivity contribution in [3.63, 3.8) is 0 Å². The van der Waals surface area contributed by atoms with E-state index in [9.17, 15) is 15.0 Å². The number of aromatic carboxylic acids is 1. The Kier molecular flexibility index (Phi) is 4.27. The lowest BCUT2D eigenvalue weighted by Crippen LogP contribution is -2.39. The van der Waals surface area contributed by atoms with E-state index in [1.54, 1.807) is 18.2 Å². The average Bonchev–Trinajstić information content (AvgIpc) is 2.63. The number of nitrogen functional groups attached to an aromatic ring is 1. The summed E-state index contributed by atoms with van der Waals surface area (Å²) >= 11 is 0. The van der Waals surface area contributed by atoms with E-state index in [2.05, 4.69) is 0 Å². The smallest absolute Gasteiger partial charge is 0.337 e. The van der Waals surface area contributed by atoms with Gasteiger partial charge in [0, 0.05) is 6.54 Å². The Morgan fingerprint density at radius 1 is 1.37 bits per heavy atom. The van der Waals surface area contributed by atoms with Gasteiger partial charge in [0.1, 0.15) is 0 Å². The molecule has 1 aliphatic rings. The van der Waals surface area contributed by atoms with Crippen LogP contribution >= 0.6 is 0 Å². The molecule has 1 unspecified atom stereocenters. The maximum absolute atomic E-state index is 11.4. The van der Waals surface area contributed by atoms with Crippen LogP contribution in [0.15, 0.2) is 18.2 Å². The molecule has 0 radical (unpaired) electrons. The molecule has 104 valence electrons. The second kappa shape index (κ2) is 5.93. The summed E-state index contributed by atoms with van der Waals surface area (Å²) in [5.74, 6) is -0.983. The Bertz CT molecular complexity index is 462. The van der Waals surface area contributed by atoms with Crippen LogP contribution < -0.4 is 10.6 Å². The molecule has 1 atom stereocenters. The summed E-state index contributed by atoms with van der Waals surface area (Å²) in [6, 6.07) is 4.87. The molecule has 0 aliphatic carbocycles. The van der Waals surface area contributed by atoms with Crippen molar-refractivity contribution < 1.29 is 15.0 Å². The van der Waals surface area contributed by atoms with Gasteiger partial charge in [0.25, 0.3) is 0 Å². The van der Waals surface area contributed by atoms with Crippen LogP contribution in [0, 0.1) is 0 Å². The van der Waals surface area contributed by atoms with Gasteiger partial charge in [0.15, 0.2) is 0 Å². The van der Waals surface area contributed by atoms with Crippen LogP contribution in [0.5, 0.6) is 0 Å². The second-order valence-electron chi connectivity index (χ2n) is 4.93. The lowest BCUT2D eigenvalue weighted by Gasteiger charge is -2.32. The van der Waals surface area contributed by atoms with Gasteiger partial charge in [-0.25, -0.2) is 4.79 Å². The number of aliphatic hydroxyl groups is 1. The summed E-state index contributed by atoms with van der Waals surface area (Å²) in [4.78, 5) is 13.3. The molecular formula is C14H20N2O3. The summed E-state index contributed by atoms with van der Waals surface area (Å²) in [5, 5.41) is 18.8. The Morgan fingerprint density at radius 3 is 2.84 bits per heavy atom. The second-order valence-corrected chi connectivity index (χ2v) is 4.93. The van der Waals surface area contributed by atoms with Gasteiger partial charge in [-0.2, -0.15) is 0 Å². The van der Waals surface area contributed by atoms with Gasteiger partial charge < -0.3 is 20.8 Å². The third-order valence-electron chi connectivity index (χ3n) is 3.67. The quantitative estimate of drug-likeness (QED) is 0.723. The van der Waals surface area contributed by atoms with Gasteiger partial charge in [-0.3, -0.25) is 0 Å². The van der Waals surface area contributed by atoms with E-state index in [1.165, 1.54) is 0 Å². The number of benzene rings is 1. The molecule has 0 amide bonds. The van der Waals surface area contributed by atoms with Crippen LogP contribution in [-0.4, -0.2) is 35.4 Å². The van der Waals surface area contributed by atoms with E-state index in [1.807, 2.05) is 4.90 Å². The molecule has 19 heavy (non-hydrogen) atoms. The minimum Gasteiger partial charge on any atom is -0.478 e. The third-order valence-corrected chi connectivity index (χ3v) is 3.67. The number of anilines is 2. The molecule has 0 aromatic heterocycles. The molecule has 1 saturated heterocycles. The van der Waals surface area contributed by atoms with Crippen LogP contribution in [0.3, 0.4) is 0 Å². The predicted molar refractivity (Wildman–Crippen MR) is 74.5 cm³/mol. The zero-order valence-electron chi connectivity index (χ0n) is 10.9. The topological polar surface area (TPSA) is 86.8 Å². The van der Waals surface area contributed by atoms with Crippen LogP contribution in [0.2, 0.25) is 0 Å². The molecule has 5 heteroatoms. The van der Waals surface area contributed by atoms with Crippen LogP contribution in [0.1, 0.15) is 36.0 Å². The molecule has 1 fully saturated rings. The highest BCUT2D eigenvalue weighted by molar-refractivity contribution is 5.98. The molecular weight excluding hydrogens is 244 g/mol. The largest absolute Gasteiger partial charge is 0.478 e. The summed E-state index contributed by atoms with van der Waals surface area (Å²) in [5.41, 5.74) is 7.19. The average molecular weight is 264 g/mol. The molecule has 0 spiro atoms. The molecule has 0 saturated carbocycles. The van der Waals surface area contributed by atoms with Gasteiger partial charge in [0.05, 0.1) is 29.6 Å². The van der Waals surface area contributed by atoms with E-state index >= 15 is 0 Å². The van der Waals surface area contributed by atoms with Crippen molar-refractivity contribution in [1.29, 1.82) is 0 Å². The first kappa shape index (κ1) is 13.7. The van der Waals surface area contributed by atoms with Crippen molar-refractivity contribution in [2.45, 2.75) is 31.7 Å². The number of carboxylic acid groups (broad SMARTS) is 1. The van der Waals surface area contributed by atoms with Gasteiger partial charge in [-0.1, -0.05) is 18.9 Å². The van der Waals surface area contributed by atoms with Gasteiger partial charge in [0.2, 0.25) is 0 Å². The van der Waals surface area contributed by atoms with E-state index in [-0.39, 0.29) is 18.2 Å². The van der Waals surface area contributed by atoms with E-state index in [0.29, 0.717) is 11.4 Å². The highest BCUT2D eigenvalue weighted by atomic mass is 16.4. The first-order valence-electron chi connectivity index (χ1n) is 6.64. The number of hydrogen-bond donors (Lipinski definition) is 3. The van der Waals surface area contributed by atoms with Crippen molar-refractivity contribution in [3.05, 3.63) is 23.8 Å². The Labute approximate surface area is 112 Å². The summed E-state index contributed by atoms with van der Waals surface area (Å²) in [7, 11) is 0. The Hall–Kier alpha value is -1.75. The van der Waals surface area contributed by atoms with Gasteiger partial charge in [-0.05, 0) is 25.0 Å². The number of aliphatic hydroxyl groups excluding tert-OH is 1. The number of para-hydroxylation sites is 1. The lowest BCUT2D eigenvalue weighted by molar-refractivity contribution is 0.0697. The summed E-state index contributed by atoms with van der Waals surface area (Å²) in [6.45, 7) is 0.757. The number of nitrogens with zero attached hydrogens (tertiary/aromatic N) is 1. The highest BCUT2D eigenvalue weighted by Crippen LogP contribution is 2.32. The molecule has 1 heterocycles. The van der Waals surface area contributed by atoms with Gasteiger partial charge in [-0.15, -0.1) is 0 Å². The third kappa shape index (κ3) is 2.81. The maximum atomic E-state index is 11.4. The molecule has 1 aromatic carbocycles. The zero-order chi connectivity index (χ0) is 13.8. The fourth-order valence-corrected chi connectivity index (χ4v) is 2.72. The number of carboxylic acids is 1. The molecule has 1 aliphatic heterocycles. The predicted octanol–water partition coefficient (Wildman–Crippen LogP) is 1.71. The first-order valence-corrected chi connectivity index (χ1v) is 6.64. The number of hydrogen-bond acceptors (Lipinski definition) is 4. The Balaban J connectivity index is 2.45. The number of nitrogens with two attached hydrogens (primary N) is 1. The molecule has 5 nitrogen and oxygen atoms in total. The first-order chi connectivity index (χ1) is 9.15. The Morgan fingerprint density at radius 2 is 2.16 bits per heavy atom. The van der Waals surface area contributed by atoms with Crippen molar-refractivity contribution >= 4 is 17.3 Å². The number of carbonyl (C=O) groups is 1. The monoisotopic (exact) mass is 264 g/mol. The minimum atomic E-state index is -0.983. The number of rotatable bonds is 3. The van der Waals surface area contributed by atoms with Crippen LogP contribution in [0.25, 0.3) is 0 Å². The standard InChI is InChI=1S/C14H20N2O3/c15-12-7-4-6-11(14(18)19)13(12)16-8-3-1-2-5-10(16)9-17/h4,6-7,10,17H,1-3,5,8-9,15H2,(H,18,19). The maximum Gasteiger partial charge on any atom is 0.337 e. The van der Waals surface area contributed by atoms with Crippen molar-refractivity contribution in [1.82, 2.24) is 0 Å². The van der Waals surface area contributed by atoms with E-state index in [0.717, 1.165) is 32.2 Å². The van der Waals surface area contributed by atoms with Crippen molar-refractivity contribution in [3.8, 4) is 0 Å². The van der Waals surface area contributed by atoms with Crippen molar-refractivity contribution in [2.24, 2.45) is 0 Å². The fourth-order valence-electron chi connectivity index (χ4n) is 2.72. The lowest BCUT2D eigenvalue weighted by atomic mass is 10.1. The van der Waals surface area contributed by atoms with Gasteiger partial charge >= 0.3 is 5.97 Å². The molecule has 2 rings (SSSR count). The molecule has 4 N–H and O–H groups in total. The van der Waals surface area contributed by atoms with E-state index in [4.69, 9.17) is 5.73 Å². The summed E-state index contributed by atoms with van der Waals surface area (Å²) in [6.07, 6.45) is 4.01. The van der Waals surface area contributed by atoms with Crippen LogP contribution in [0.4, 0.5) is 11.4 Å². The minimum absolute atomic E-state index is 0.0212. The van der Waals surface area contributed by atoms with Crippen molar-refractivity contribution in [2.75, 3.05) is 23.8 Å². The SMILES string of the molecule is Nc1cccc(C(=O)O)c1N1CCCCCC1CO. The molecule has 0 bridgehead atoms.